The van der Waals surface area contributed by atoms with Gasteiger partial charge >= 0.3 is 0 Å². The molecule has 1 atom stereocenters. The standard InChI is InChI=1S/C16H23N3O/c1-2-19(14-7-8-14)16(20)11-18-10-13(17)9-12-5-3-4-6-15(12)18/h3-6,13-14H,2,7-11,17H2,1H3. The van der Waals surface area contributed by atoms with Crippen LogP contribution < -0.4 is 10.6 Å². The number of amides is 1. The Morgan fingerprint density at radius 3 is 2.85 bits per heavy atom. The highest BCUT2D eigenvalue weighted by atomic mass is 16.2. The Morgan fingerprint density at radius 2 is 2.15 bits per heavy atom. The van der Waals surface area contributed by atoms with E-state index in [4.69, 9.17) is 5.73 Å². The van der Waals surface area contributed by atoms with Gasteiger partial charge in [0.25, 0.3) is 0 Å². The highest BCUT2D eigenvalue weighted by molar-refractivity contribution is 5.82. The molecule has 0 spiro atoms. The Labute approximate surface area is 120 Å². The Bertz CT molecular complexity index is 498. The van der Waals surface area contributed by atoms with Crippen LogP contribution >= 0.6 is 0 Å². The van der Waals surface area contributed by atoms with Crippen LogP contribution in [0.5, 0.6) is 0 Å². The van der Waals surface area contributed by atoms with Crippen LogP contribution in [0.25, 0.3) is 0 Å². The summed E-state index contributed by atoms with van der Waals surface area (Å²) in [5, 5.41) is 0. The number of fused-ring (bicyclic) bond motifs is 1. The van der Waals surface area contributed by atoms with Crippen molar-refractivity contribution in [1.29, 1.82) is 0 Å². The third-order valence-corrected chi connectivity index (χ3v) is 4.24. The molecular formula is C16H23N3O. The smallest absolute Gasteiger partial charge is 0.242 e. The lowest BCUT2D eigenvalue weighted by atomic mass is 9.98. The Morgan fingerprint density at radius 1 is 1.40 bits per heavy atom. The molecule has 1 fully saturated rings. The van der Waals surface area contributed by atoms with Crippen LogP contribution in [-0.4, -0.2) is 42.5 Å². The van der Waals surface area contributed by atoms with Gasteiger partial charge in [-0.1, -0.05) is 18.2 Å². The molecule has 1 saturated carbocycles. The number of carbonyl (C=O) groups is 1. The molecule has 4 heteroatoms. The summed E-state index contributed by atoms with van der Waals surface area (Å²) in [6.07, 6.45) is 3.23. The first-order valence-electron chi connectivity index (χ1n) is 7.57. The molecule has 4 nitrogen and oxygen atoms in total. The van der Waals surface area contributed by atoms with Crippen LogP contribution in [0.2, 0.25) is 0 Å². The van der Waals surface area contributed by atoms with Crippen molar-refractivity contribution in [2.45, 2.75) is 38.3 Å². The number of benzene rings is 1. The molecule has 0 bridgehead atoms. The van der Waals surface area contributed by atoms with E-state index in [1.54, 1.807) is 0 Å². The van der Waals surface area contributed by atoms with E-state index in [-0.39, 0.29) is 11.9 Å². The molecule has 1 aromatic rings. The zero-order valence-corrected chi connectivity index (χ0v) is 12.1. The van der Waals surface area contributed by atoms with Gasteiger partial charge in [-0.15, -0.1) is 0 Å². The normalized spacial score (nSPS) is 21.5. The minimum atomic E-state index is 0.119. The third-order valence-electron chi connectivity index (χ3n) is 4.24. The van der Waals surface area contributed by atoms with E-state index in [1.165, 1.54) is 11.3 Å². The first-order chi connectivity index (χ1) is 9.69. The monoisotopic (exact) mass is 273 g/mol. The minimum Gasteiger partial charge on any atom is -0.360 e. The van der Waals surface area contributed by atoms with Gasteiger partial charge in [0.2, 0.25) is 5.91 Å². The van der Waals surface area contributed by atoms with Crippen molar-refractivity contribution >= 4 is 11.6 Å². The van der Waals surface area contributed by atoms with Crippen LogP contribution in [0.3, 0.4) is 0 Å². The zero-order chi connectivity index (χ0) is 14.1. The molecule has 1 amide bonds. The Balaban J connectivity index is 1.75. The van der Waals surface area contributed by atoms with Crippen LogP contribution in [0.15, 0.2) is 24.3 Å². The molecule has 3 rings (SSSR count). The lowest BCUT2D eigenvalue weighted by molar-refractivity contribution is -0.130. The van der Waals surface area contributed by atoms with Crippen molar-refractivity contribution in [2.75, 3.05) is 24.5 Å². The van der Waals surface area contributed by atoms with Gasteiger partial charge < -0.3 is 15.5 Å². The van der Waals surface area contributed by atoms with E-state index in [1.807, 2.05) is 17.0 Å². The first kappa shape index (κ1) is 13.4. The van der Waals surface area contributed by atoms with E-state index >= 15 is 0 Å². The van der Waals surface area contributed by atoms with Gasteiger partial charge in [-0.05, 0) is 37.8 Å². The van der Waals surface area contributed by atoms with Crippen LogP contribution in [-0.2, 0) is 11.2 Å². The van der Waals surface area contributed by atoms with Crippen LogP contribution in [0.1, 0.15) is 25.3 Å². The molecule has 1 aromatic carbocycles. The summed E-state index contributed by atoms with van der Waals surface area (Å²) in [4.78, 5) is 16.7. The number of para-hydroxylation sites is 1. The van der Waals surface area contributed by atoms with Gasteiger partial charge in [0.1, 0.15) is 0 Å². The molecule has 20 heavy (non-hydrogen) atoms. The van der Waals surface area contributed by atoms with E-state index in [2.05, 4.69) is 24.0 Å². The number of nitrogens with zero attached hydrogens (tertiary/aromatic N) is 2. The maximum absolute atomic E-state index is 12.5. The van der Waals surface area contributed by atoms with Crippen LogP contribution in [0.4, 0.5) is 5.69 Å². The van der Waals surface area contributed by atoms with Gasteiger partial charge in [-0.2, -0.15) is 0 Å². The highest BCUT2D eigenvalue weighted by Gasteiger charge is 2.33. The number of nitrogens with two attached hydrogens (primary N) is 1. The molecule has 1 unspecified atom stereocenters. The second-order valence-electron chi connectivity index (χ2n) is 5.88. The lowest BCUT2D eigenvalue weighted by Gasteiger charge is -2.35. The van der Waals surface area contributed by atoms with Gasteiger partial charge in [0, 0.05) is 30.9 Å². The van der Waals surface area contributed by atoms with Crippen molar-refractivity contribution in [3.05, 3.63) is 29.8 Å². The van der Waals surface area contributed by atoms with Crippen molar-refractivity contribution in [3.8, 4) is 0 Å². The fraction of sp³-hybridized carbons (Fsp3) is 0.562. The van der Waals surface area contributed by atoms with Crippen molar-refractivity contribution in [1.82, 2.24) is 4.90 Å². The van der Waals surface area contributed by atoms with Gasteiger partial charge in [0.05, 0.1) is 6.54 Å². The number of rotatable bonds is 4. The lowest BCUT2D eigenvalue weighted by Crippen LogP contribution is -2.48. The predicted molar refractivity (Wildman–Crippen MR) is 80.7 cm³/mol. The van der Waals surface area contributed by atoms with Gasteiger partial charge in [-0.25, -0.2) is 0 Å². The number of hydrogen-bond donors (Lipinski definition) is 1. The number of carbonyl (C=O) groups excluding carboxylic acids is 1. The zero-order valence-electron chi connectivity index (χ0n) is 12.1. The summed E-state index contributed by atoms with van der Waals surface area (Å²) in [5.41, 5.74) is 8.56. The molecule has 2 N–H and O–H groups in total. The fourth-order valence-electron chi connectivity index (χ4n) is 3.15. The highest BCUT2D eigenvalue weighted by Crippen LogP contribution is 2.29. The summed E-state index contributed by atoms with van der Waals surface area (Å²) < 4.78 is 0. The molecule has 108 valence electrons. The quantitative estimate of drug-likeness (QED) is 0.902. The van der Waals surface area contributed by atoms with E-state index in [0.29, 0.717) is 12.6 Å². The summed E-state index contributed by atoms with van der Waals surface area (Å²) >= 11 is 0. The molecular weight excluding hydrogens is 250 g/mol. The molecule has 0 saturated heterocycles. The third kappa shape index (κ3) is 2.66. The molecule has 1 aliphatic heterocycles. The summed E-state index contributed by atoms with van der Waals surface area (Å²) in [7, 11) is 0. The summed E-state index contributed by atoms with van der Waals surface area (Å²) in [6, 6.07) is 8.90. The summed E-state index contributed by atoms with van der Waals surface area (Å²) in [5.74, 6) is 0.235. The predicted octanol–water partition coefficient (Wildman–Crippen LogP) is 1.39. The van der Waals surface area contributed by atoms with Gasteiger partial charge in [-0.3, -0.25) is 4.79 Å². The molecule has 0 aromatic heterocycles. The molecule has 2 aliphatic rings. The van der Waals surface area contributed by atoms with E-state index in [9.17, 15) is 4.79 Å². The second-order valence-corrected chi connectivity index (χ2v) is 5.88. The van der Waals surface area contributed by atoms with Crippen LogP contribution in [0, 0.1) is 0 Å². The maximum Gasteiger partial charge on any atom is 0.242 e. The van der Waals surface area contributed by atoms with Gasteiger partial charge in [0.15, 0.2) is 0 Å². The summed E-state index contributed by atoms with van der Waals surface area (Å²) in [6.45, 7) is 4.09. The Hall–Kier alpha value is -1.55. The van der Waals surface area contributed by atoms with E-state index < -0.39 is 0 Å². The molecule has 1 heterocycles. The Kier molecular flexibility index (Phi) is 3.66. The van der Waals surface area contributed by atoms with Crippen molar-refractivity contribution in [2.24, 2.45) is 5.73 Å². The largest absolute Gasteiger partial charge is 0.360 e. The average molecular weight is 273 g/mol. The topological polar surface area (TPSA) is 49.6 Å². The van der Waals surface area contributed by atoms with E-state index in [0.717, 1.165) is 32.4 Å². The number of likely N-dealkylation sites (N-methyl/N-ethyl adjacent to an activating group) is 1. The first-order valence-corrected chi connectivity index (χ1v) is 7.57. The number of anilines is 1. The SMILES string of the molecule is CCN(C(=O)CN1CC(N)Cc2ccccc21)C1CC1. The fourth-order valence-corrected chi connectivity index (χ4v) is 3.15. The second kappa shape index (κ2) is 5.44. The van der Waals surface area contributed by atoms with Crippen molar-refractivity contribution in [3.63, 3.8) is 0 Å². The molecule has 1 aliphatic carbocycles. The average Bonchev–Trinajstić information content (AvgIpc) is 3.24. The minimum absolute atomic E-state index is 0.119. The molecule has 0 radical (unpaired) electrons. The maximum atomic E-state index is 12.5. The van der Waals surface area contributed by atoms with Crippen molar-refractivity contribution < 1.29 is 4.79 Å². The number of hydrogen-bond acceptors (Lipinski definition) is 3.